The number of carbonyl (C=O) groups is 1. The first-order valence-corrected chi connectivity index (χ1v) is 6.72. The maximum Gasteiger partial charge on any atom is 0.251 e. The number of rotatable bonds is 4. The van der Waals surface area contributed by atoms with Crippen LogP contribution < -0.4 is 11.1 Å². The van der Waals surface area contributed by atoms with Gasteiger partial charge in [0.1, 0.15) is 0 Å². The highest BCUT2D eigenvalue weighted by atomic mass is 16.1. The summed E-state index contributed by atoms with van der Waals surface area (Å²) in [6.07, 6.45) is 1.88. The molecule has 0 spiro atoms. The lowest BCUT2D eigenvalue weighted by molar-refractivity contribution is 0.0934. The van der Waals surface area contributed by atoms with Crippen molar-refractivity contribution < 1.29 is 4.79 Å². The fraction of sp³-hybridized carbons (Fsp3) is 0.438. The van der Waals surface area contributed by atoms with Gasteiger partial charge in [-0.15, -0.1) is 0 Å². The highest BCUT2D eigenvalue weighted by Gasteiger charge is 2.11. The summed E-state index contributed by atoms with van der Waals surface area (Å²) in [7, 11) is 0. The molecule has 1 rings (SSSR count). The molecule has 0 aliphatic heterocycles. The maximum absolute atomic E-state index is 12.2. The van der Waals surface area contributed by atoms with Crippen LogP contribution in [0.4, 0.5) is 0 Å². The van der Waals surface area contributed by atoms with E-state index in [1.54, 1.807) is 0 Å². The van der Waals surface area contributed by atoms with Crippen LogP contribution in [0, 0.1) is 18.8 Å². The summed E-state index contributed by atoms with van der Waals surface area (Å²) in [4.78, 5) is 12.2. The zero-order valence-electron chi connectivity index (χ0n) is 11.9. The summed E-state index contributed by atoms with van der Waals surface area (Å²) in [5.74, 6) is 5.74. The minimum atomic E-state index is -0.0341. The van der Waals surface area contributed by atoms with E-state index in [1.165, 1.54) is 0 Å². The molecule has 0 aliphatic carbocycles. The Labute approximate surface area is 115 Å². The molecule has 0 saturated carbocycles. The van der Waals surface area contributed by atoms with E-state index in [2.05, 4.69) is 31.0 Å². The highest BCUT2D eigenvalue weighted by Crippen LogP contribution is 2.10. The minimum absolute atomic E-state index is 0.0341. The van der Waals surface area contributed by atoms with E-state index in [1.807, 2.05) is 25.1 Å². The SMILES string of the molecule is CCC(CC)NC(=O)c1cc(C)cc(C#CCN)c1. The maximum atomic E-state index is 12.2. The number of hydrogen-bond donors (Lipinski definition) is 2. The van der Waals surface area contributed by atoms with Crippen molar-refractivity contribution in [2.75, 3.05) is 6.54 Å². The van der Waals surface area contributed by atoms with Gasteiger partial charge >= 0.3 is 0 Å². The molecule has 0 radical (unpaired) electrons. The van der Waals surface area contributed by atoms with Crippen LogP contribution in [0.5, 0.6) is 0 Å². The number of nitrogens with two attached hydrogens (primary N) is 1. The average Bonchev–Trinajstić information content (AvgIpc) is 2.41. The molecule has 3 N–H and O–H groups in total. The summed E-state index contributed by atoms with van der Waals surface area (Å²) in [5, 5.41) is 3.03. The van der Waals surface area contributed by atoms with E-state index >= 15 is 0 Å². The van der Waals surface area contributed by atoms with Crippen molar-refractivity contribution in [3.05, 3.63) is 34.9 Å². The summed E-state index contributed by atoms with van der Waals surface area (Å²) in [5.41, 5.74) is 7.88. The Morgan fingerprint density at radius 2 is 2.00 bits per heavy atom. The predicted molar refractivity (Wildman–Crippen MR) is 78.9 cm³/mol. The standard InChI is InChI=1S/C16H22N2O/c1-4-15(5-2)18-16(19)14-10-12(3)9-13(11-14)7-6-8-17/h9-11,15H,4-5,8,17H2,1-3H3,(H,18,19). The molecule has 1 amide bonds. The van der Waals surface area contributed by atoms with Gasteiger partial charge in [-0.25, -0.2) is 0 Å². The molecule has 1 aromatic rings. The molecule has 0 fully saturated rings. The number of hydrogen-bond acceptors (Lipinski definition) is 2. The molecular formula is C16H22N2O. The third kappa shape index (κ3) is 4.76. The lowest BCUT2D eigenvalue weighted by atomic mass is 10.1. The normalized spacial score (nSPS) is 9.95. The van der Waals surface area contributed by atoms with Crippen molar-refractivity contribution >= 4 is 5.91 Å². The van der Waals surface area contributed by atoms with Crippen molar-refractivity contribution in [2.45, 2.75) is 39.7 Å². The van der Waals surface area contributed by atoms with Crippen molar-refractivity contribution in [3.8, 4) is 11.8 Å². The molecule has 1 aromatic carbocycles. The van der Waals surface area contributed by atoms with E-state index in [9.17, 15) is 4.79 Å². The Kier molecular flexibility index (Phi) is 6.11. The summed E-state index contributed by atoms with van der Waals surface area (Å²) >= 11 is 0. The largest absolute Gasteiger partial charge is 0.349 e. The lowest BCUT2D eigenvalue weighted by Crippen LogP contribution is -2.33. The van der Waals surface area contributed by atoms with Crippen LogP contribution in [0.3, 0.4) is 0 Å². The van der Waals surface area contributed by atoms with Gasteiger partial charge in [-0.2, -0.15) is 0 Å². The van der Waals surface area contributed by atoms with E-state index in [0.29, 0.717) is 12.1 Å². The van der Waals surface area contributed by atoms with Gasteiger partial charge in [-0.05, 0) is 43.5 Å². The Bertz CT molecular complexity index is 493. The van der Waals surface area contributed by atoms with Crippen LogP contribution in [0.25, 0.3) is 0 Å². The second kappa shape index (κ2) is 7.60. The van der Waals surface area contributed by atoms with Gasteiger partial charge in [-0.3, -0.25) is 4.79 Å². The second-order valence-electron chi connectivity index (χ2n) is 4.58. The Morgan fingerprint density at radius 1 is 1.32 bits per heavy atom. The van der Waals surface area contributed by atoms with Gasteiger partial charge in [-0.1, -0.05) is 25.7 Å². The lowest BCUT2D eigenvalue weighted by Gasteiger charge is -2.15. The van der Waals surface area contributed by atoms with Gasteiger partial charge in [0, 0.05) is 17.2 Å². The molecule has 102 valence electrons. The zero-order valence-corrected chi connectivity index (χ0v) is 11.9. The Hall–Kier alpha value is -1.79. The zero-order chi connectivity index (χ0) is 14.3. The smallest absolute Gasteiger partial charge is 0.251 e. The Balaban J connectivity index is 2.93. The van der Waals surface area contributed by atoms with Gasteiger partial charge in [0.25, 0.3) is 5.91 Å². The van der Waals surface area contributed by atoms with Crippen LogP contribution in [0.15, 0.2) is 18.2 Å². The number of aryl methyl sites for hydroxylation is 1. The highest BCUT2D eigenvalue weighted by molar-refractivity contribution is 5.95. The summed E-state index contributed by atoms with van der Waals surface area (Å²) in [6.45, 7) is 6.43. The Morgan fingerprint density at radius 3 is 2.58 bits per heavy atom. The van der Waals surface area contributed by atoms with Crippen molar-refractivity contribution in [1.29, 1.82) is 0 Å². The van der Waals surface area contributed by atoms with E-state index < -0.39 is 0 Å². The van der Waals surface area contributed by atoms with E-state index in [-0.39, 0.29) is 11.9 Å². The van der Waals surface area contributed by atoms with E-state index in [0.717, 1.165) is 24.0 Å². The first-order chi connectivity index (χ1) is 9.10. The van der Waals surface area contributed by atoms with E-state index in [4.69, 9.17) is 5.73 Å². The van der Waals surface area contributed by atoms with Gasteiger partial charge in [0.2, 0.25) is 0 Å². The molecule has 3 nitrogen and oxygen atoms in total. The van der Waals surface area contributed by atoms with Crippen molar-refractivity contribution in [1.82, 2.24) is 5.32 Å². The van der Waals surface area contributed by atoms with Crippen molar-refractivity contribution in [2.24, 2.45) is 5.73 Å². The number of benzene rings is 1. The molecule has 0 atom stereocenters. The van der Waals surface area contributed by atoms with Gasteiger partial charge in [0.15, 0.2) is 0 Å². The number of amides is 1. The third-order valence-corrected chi connectivity index (χ3v) is 3.00. The van der Waals surface area contributed by atoms with Crippen LogP contribution >= 0.6 is 0 Å². The molecular weight excluding hydrogens is 236 g/mol. The number of nitrogens with one attached hydrogen (secondary N) is 1. The van der Waals surface area contributed by atoms with Crippen LogP contribution in [0.2, 0.25) is 0 Å². The van der Waals surface area contributed by atoms with Crippen LogP contribution in [-0.4, -0.2) is 18.5 Å². The number of carbonyl (C=O) groups excluding carboxylic acids is 1. The summed E-state index contributed by atoms with van der Waals surface area (Å²) < 4.78 is 0. The molecule has 0 aliphatic rings. The monoisotopic (exact) mass is 258 g/mol. The molecule has 0 heterocycles. The van der Waals surface area contributed by atoms with Gasteiger partial charge < -0.3 is 11.1 Å². The van der Waals surface area contributed by atoms with Gasteiger partial charge in [0.05, 0.1) is 6.54 Å². The first kappa shape index (κ1) is 15.3. The molecule has 3 heteroatoms. The van der Waals surface area contributed by atoms with Crippen molar-refractivity contribution in [3.63, 3.8) is 0 Å². The van der Waals surface area contributed by atoms with Crippen LogP contribution in [0.1, 0.15) is 48.2 Å². The first-order valence-electron chi connectivity index (χ1n) is 6.72. The molecule has 19 heavy (non-hydrogen) atoms. The topological polar surface area (TPSA) is 55.1 Å². The molecule has 0 bridgehead atoms. The summed E-state index contributed by atoms with van der Waals surface area (Å²) in [6, 6.07) is 5.88. The fourth-order valence-corrected chi connectivity index (χ4v) is 1.90. The second-order valence-corrected chi connectivity index (χ2v) is 4.58. The third-order valence-electron chi connectivity index (χ3n) is 3.00. The average molecular weight is 258 g/mol. The van der Waals surface area contributed by atoms with Crippen LogP contribution in [-0.2, 0) is 0 Å². The molecule has 0 unspecified atom stereocenters. The molecule has 0 saturated heterocycles. The predicted octanol–water partition coefficient (Wildman–Crippen LogP) is 2.22. The fourth-order valence-electron chi connectivity index (χ4n) is 1.90. The minimum Gasteiger partial charge on any atom is -0.349 e. The molecule has 0 aromatic heterocycles. The quantitative estimate of drug-likeness (QED) is 0.814.